The molecule has 2 aromatic carbocycles. The van der Waals surface area contributed by atoms with Crippen molar-refractivity contribution in [2.45, 2.75) is 25.6 Å². The monoisotopic (exact) mass is 473 g/mol. The van der Waals surface area contributed by atoms with Crippen LogP contribution in [0.15, 0.2) is 48.5 Å². The lowest BCUT2D eigenvalue weighted by molar-refractivity contribution is -0.138. The third kappa shape index (κ3) is 5.56. The molecule has 10 heteroatoms. The van der Waals surface area contributed by atoms with Gasteiger partial charge in [0.1, 0.15) is 5.82 Å². The van der Waals surface area contributed by atoms with Gasteiger partial charge in [0, 0.05) is 39.5 Å². The van der Waals surface area contributed by atoms with Gasteiger partial charge in [0.2, 0.25) is 11.8 Å². The molecule has 1 unspecified atom stereocenters. The number of alkyl halides is 3. The van der Waals surface area contributed by atoms with Crippen LogP contribution in [0.1, 0.15) is 29.9 Å². The number of imidazole rings is 1. The molecule has 4 rings (SSSR count). The number of amides is 2. The lowest BCUT2D eigenvalue weighted by Gasteiger charge is -2.41. The lowest BCUT2D eigenvalue weighted by atomic mass is 10.0. The Morgan fingerprint density at radius 3 is 2.53 bits per heavy atom. The van der Waals surface area contributed by atoms with E-state index in [9.17, 15) is 22.8 Å². The zero-order chi connectivity index (χ0) is 24.3. The minimum atomic E-state index is -4.42. The van der Waals surface area contributed by atoms with Crippen molar-refractivity contribution in [2.24, 2.45) is 0 Å². The molecule has 1 atom stereocenters. The van der Waals surface area contributed by atoms with Crippen molar-refractivity contribution in [2.75, 3.05) is 32.7 Å². The number of carbonyl (C=O) groups excluding carboxylic acids is 2. The molecule has 0 spiro atoms. The molecule has 2 N–H and O–H groups in total. The molecule has 0 bridgehead atoms. The highest BCUT2D eigenvalue weighted by Crippen LogP contribution is 2.32. The van der Waals surface area contributed by atoms with Crippen LogP contribution in [0.5, 0.6) is 0 Å². The number of H-pyrrole nitrogens is 1. The summed E-state index contributed by atoms with van der Waals surface area (Å²) in [5, 5.41) is 2.89. The summed E-state index contributed by atoms with van der Waals surface area (Å²) >= 11 is 0. The quantitative estimate of drug-likeness (QED) is 0.577. The van der Waals surface area contributed by atoms with E-state index < -0.39 is 17.8 Å². The average Bonchev–Trinajstić information content (AvgIpc) is 3.21. The van der Waals surface area contributed by atoms with Gasteiger partial charge in [0.05, 0.1) is 29.2 Å². The number of nitrogens with zero attached hydrogens (tertiary/aromatic N) is 3. The summed E-state index contributed by atoms with van der Waals surface area (Å²) in [5.41, 5.74) is 1.70. The van der Waals surface area contributed by atoms with Gasteiger partial charge in [-0.2, -0.15) is 13.2 Å². The fraction of sp³-hybridized carbons (Fsp3) is 0.375. The van der Waals surface area contributed by atoms with Crippen LogP contribution in [0.25, 0.3) is 11.0 Å². The number of aromatic nitrogens is 2. The Morgan fingerprint density at radius 2 is 1.85 bits per heavy atom. The predicted octanol–water partition coefficient (Wildman–Crippen LogP) is 3.15. The summed E-state index contributed by atoms with van der Waals surface area (Å²) in [6.07, 6.45) is -3.86. The van der Waals surface area contributed by atoms with Gasteiger partial charge in [-0.25, -0.2) is 4.98 Å². The van der Waals surface area contributed by atoms with Crippen LogP contribution in [-0.4, -0.2) is 64.3 Å². The highest BCUT2D eigenvalue weighted by molar-refractivity contribution is 5.78. The summed E-state index contributed by atoms with van der Waals surface area (Å²) in [4.78, 5) is 35.9. The molecule has 1 saturated heterocycles. The Labute approximate surface area is 194 Å². The topological polar surface area (TPSA) is 81.3 Å². The maximum absolute atomic E-state index is 12.9. The van der Waals surface area contributed by atoms with E-state index in [-0.39, 0.29) is 18.4 Å². The van der Waals surface area contributed by atoms with Crippen LogP contribution in [0.4, 0.5) is 13.2 Å². The molecule has 1 fully saturated rings. The van der Waals surface area contributed by atoms with Gasteiger partial charge >= 0.3 is 6.18 Å². The van der Waals surface area contributed by atoms with Gasteiger partial charge in [0.25, 0.3) is 0 Å². The zero-order valence-corrected chi connectivity index (χ0v) is 18.7. The van der Waals surface area contributed by atoms with E-state index in [0.29, 0.717) is 38.2 Å². The third-order valence-corrected chi connectivity index (χ3v) is 5.98. The van der Waals surface area contributed by atoms with Crippen LogP contribution in [-0.2, 0) is 22.2 Å². The maximum Gasteiger partial charge on any atom is 0.416 e. The summed E-state index contributed by atoms with van der Waals surface area (Å²) in [7, 11) is 0. The Morgan fingerprint density at radius 1 is 1.12 bits per heavy atom. The molecule has 0 radical (unpaired) electrons. The number of para-hydroxylation sites is 2. The first-order valence-electron chi connectivity index (χ1n) is 11.1. The summed E-state index contributed by atoms with van der Waals surface area (Å²) < 4.78 is 38.7. The number of nitrogens with one attached hydrogen (secondary N) is 2. The van der Waals surface area contributed by atoms with E-state index in [1.165, 1.54) is 19.1 Å². The van der Waals surface area contributed by atoms with Crippen molar-refractivity contribution in [1.82, 2.24) is 25.1 Å². The highest BCUT2D eigenvalue weighted by Gasteiger charge is 2.33. The second-order valence-electron chi connectivity index (χ2n) is 8.38. The van der Waals surface area contributed by atoms with E-state index in [4.69, 9.17) is 0 Å². The summed E-state index contributed by atoms with van der Waals surface area (Å²) in [5.74, 6) is 0.484. The Kier molecular flexibility index (Phi) is 6.87. The minimum Gasteiger partial charge on any atom is -0.355 e. The smallest absolute Gasteiger partial charge is 0.355 e. The zero-order valence-electron chi connectivity index (χ0n) is 18.7. The molecule has 1 aromatic heterocycles. The van der Waals surface area contributed by atoms with E-state index in [0.717, 1.165) is 29.0 Å². The molecular weight excluding hydrogens is 447 g/mol. The fourth-order valence-electron chi connectivity index (χ4n) is 4.24. The van der Waals surface area contributed by atoms with Crippen LogP contribution in [0.2, 0.25) is 0 Å². The van der Waals surface area contributed by atoms with Crippen LogP contribution in [0.3, 0.4) is 0 Å². The largest absolute Gasteiger partial charge is 0.416 e. The summed E-state index contributed by atoms with van der Waals surface area (Å²) in [6, 6.07) is 12.1. The van der Waals surface area contributed by atoms with Crippen molar-refractivity contribution in [3.63, 3.8) is 0 Å². The summed E-state index contributed by atoms with van der Waals surface area (Å²) in [6.45, 7) is 3.28. The van der Waals surface area contributed by atoms with Crippen molar-refractivity contribution in [3.05, 3.63) is 65.5 Å². The van der Waals surface area contributed by atoms with E-state index >= 15 is 0 Å². The first-order valence-corrected chi connectivity index (χ1v) is 11.1. The second-order valence-corrected chi connectivity index (χ2v) is 8.38. The molecule has 1 aliphatic rings. The number of carbonyl (C=O) groups is 2. The van der Waals surface area contributed by atoms with Gasteiger partial charge in [0.15, 0.2) is 0 Å². The number of hydrogen-bond acceptors (Lipinski definition) is 4. The van der Waals surface area contributed by atoms with Crippen molar-refractivity contribution >= 4 is 22.8 Å². The van der Waals surface area contributed by atoms with Crippen LogP contribution < -0.4 is 5.32 Å². The van der Waals surface area contributed by atoms with Gasteiger partial charge in [-0.15, -0.1) is 0 Å². The average molecular weight is 473 g/mol. The van der Waals surface area contributed by atoms with Gasteiger partial charge in [-0.05, 0) is 29.8 Å². The van der Waals surface area contributed by atoms with Gasteiger partial charge in [-0.1, -0.05) is 24.3 Å². The molecule has 0 saturated carbocycles. The molecule has 34 heavy (non-hydrogen) atoms. The normalized spacial score (nSPS) is 17.2. The molecule has 2 amide bonds. The predicted molar refractivity (Wildman–Crippen MR) is 121 cm³/mol. The number of piperazine rings is 1. The van der Waals surface area contributed by atoms with Crippen molar-refractivity contribution in [3.8, 4) is 0 Å². The molecule has 1 aliphatic heterocycles. The SMILES string of the molecule is CC(=O)N1CCN(CC(=O)NCCc2nc3ccccc3[nH]2)CC1c1ccc(C(F)(F)F)cc1. The first-order chi connectivity index (χ1) is 16.2. The second kappa shape index (κ2) is 9.84. The lowest BCUT2D eigenvalue weighted by Crippen LogP contribution is -2.52. The number of aromatic amines is 1. The molecular formula is C24H26F3N5O2. The molecule has 2 heterocycles. The Bertz CT molecular complexity index is 1130. The van der Waals surface area contributed by atoms with Gasteiger partial charge < -0.3 is 15.2 Å². The van der Waals surface area contributed by atoms with Crippen molar-refractivity contribution < 1.29 is 22.8 Å². The number of hydrogen-bond donors (Lipinski definition) is 2. The Hall–Kier alpha value is -3.40. The highest BCUT2D eigenvalue weighted by atomic mass is 19.4. The van der Waals surface area contributed by atoms with E-state index in [1.807, 2.05) is 29.2 Å². The third-order valence-electron chi connectivity index (χ3n) is 5.98. The van der Waals surface area contributed by atoms with E-state index in [1.54, 1.807) is 4.90 Å². The number of benzene rings is 2. The van der Waals surface area contributed by atoms with E-state index in [2.05, 4.69) is 15.3 Å². The van der Waals surface area contributed by atoms with Crippen molar-refractivity contribution in [1.29, 1.82) is 0 Å². The Balaban J connectivity index is 1.33. The first kappa shape index (κ1) is 23.7. The molecule has 0 aliphatic carbocycles. The maximum atomic E-state index is 12.9. The van der Waals surface area contributed by atoms with Gasteiger partial charge in [-0.3, -0.25) is 14.5 Å². The molecule has 180 valence electrons. The number of rotatable bonds is 6. The molecule has 3 aromatic rings. The standard InChI is InChI=1S/C24H26F3N5O2/c1-16(33)32-13-12-31(14-21(32)17-6-8-18(9-7-17)24(25,26)27)15-23(34)28-11-10-22-29-19-4-2-3-5-20(19)30-22/h2-9,21H,10-15H2,1H3,(H,28,34)(H,29,30). The minimum absolute atomic E-state index is 0.142. The van der Waals surface area contributed by atoms with Crippen LogP contribution >= 0.6 is 0 Å². The molecule has 7 nitrogen and oxygen atoms in total. The van der Waals surface area contributed by atoms with Crippen LogP contribution in [0, 0.1) is 0 Å². The fourth-order valence-corrected chi connectivity index (χ4v) is 4.24. The number of halogens is 3. The number of fused-ring (bicyclic) bond motifs is 1.